The highest BCUT2D eigenvalue weighted by atomic mass is 19.1. The zero-order valence-electron chi connectivity index (χ0n) is 19.3. The summed E-state index contributed by atoms with van der Waals surface area (Å²) in [5.74, 6) is 0.762. The maximum absolute atomic E-state index is 13.1. The summed E-state index contributed by atoms with van der Waals surface area (Å²) in [6.45, 7) is 8.46. The summed E-state index contributed by atoms with van der Waals surface area (Å²) in [6.07, 6.45) is 2.41. The predicted octanol–water partition coefficient (Wildman–Crippen LogP) is 2.18. The van der Waals surface area contributed by atoms with Crippen molar-refractivity contribution < 1.29 is 14.0 Å². The number of rotatable bonds is 9. The highest BCUT2D eigenvalue weighted by Crippen LogP contribution is 2.23. The fraction of sp³-hybridized carbons (Fsp3) is 0.542. The number of fused-ring (bicyclic) bond motifs is 1. The van der Waals surface area contributed by atoms with Gasteiger partial charge in [-0.25, -0.2) is 9.07 Å². The second kappa shape index (κ2) is 10.8. The topological polar surface area (TPSA) is 73.7 Å². The lowest BCUT2D eigenvalue weighted by Gasteiger charge is -2.36. The molecular formula is C24H33FN6O2. The van der Waals surface area contributed by atoms with Gasteiger partial charge in [-0.2, -0.15) is 5.10 Å². The molecule has 9 heteroatoms. The first-order valence-corrected chi connectivity index (χ1v) is 11.8. The molecule has 0 saturated carbocycles. The number of benzene rings is 1. The molecule has 1 aromatic heterocycles. The van der Waals surface area contributed by atoms with Gasteiger partial charge in [0.2, 0.25) is 11.8 Å². The van der Waals surface area contributed by atoms with Crippen LogP contribution in [0.5, 0.6) is 0 Å². The van der Waals surface area contributed by atoms with Gasteiger partial charge in [-0.1, -0.05) is 0 Å². The van der Waals surface area contributed by atoms with Gasteiger partial charge in [0, 0.05) is 63.9 Å². The highest BCUT2D eigenvalue weighted by molar-refractivity contribution is 5.93. The molecule has 0 atom stereocenters. The number of aryl methyl sites for hydroxylation is 2. The molecule has 8 nitrogen and oxygen atoms in total. The zero-order valence-corrected chi connectivity index (χ0v) is 19.3. The number of nitrogens with one attached hydrogen (secondary N) is 1. The predicted molar refractivity (Wildman–Crippen MR) is 126 cm³/mol. The molecule has 3 heterocycles. The van der Waals surface area contributed by atoms with Crippen LogP contribution >= 0.6 is 0 Å². The Balaban J connectivity index is 1.09. The summed E-state index contributed by atoms with van der Waals surface area (Å²) in [5, 5.41) is 7.42. The first kappa shape index (κ1) is 23.2. The molecule has 0 spiro atoms. The van der Waals surface area contributed by atoms with Crippen LogP contribution in [0.15, 0.2) is 30.3 Å². The van der Waals surface area contributed by atoms with E-state index >= 15 is 0 Å². The molecule has 2 amide bonds. The molecule has 4 rings (SSSR count). The molecule has 2 aliphatic heterocycles. The first-order valence-electron chi connectivity index (χ1n) is 11.8. The van der Waals surface area contributed by atoms with Crippen LogP contribution in [0, 0.1) is 12.7 Å². The number of carbonyl (C=O) groups is 2. The molecule has 0 aliphatic carbocycles. The van der Waals surface area contributed by atoms with E-state index in [1.807, 2.05) is 29.8 Å². The van der Waals surface area contributed by atoms with Gasteiger partial charge >= 0.3 is 0 Å². The van der Waals surface area contributed by atoms with E-state index in [2.05, 4.69) is 20.2 Å². The number of carbonyl (C=O) groups excluding carboxylic acids is 2. The van der Waals surface area contributed by atoms with Gasteiger partial charge in [0.15, 0.2) is 0 Å². The number of anilines is 2. The summed E-state index contributed by atoms with van der Waals surface area (Å²) in [4.78, 5) is 30.9. The smallest absolute Gasteiger partial charge is 0.229 e. The van der Waals surface area contributed by atoms with Crippen LogP contribution in [0.4, 0.5) is 15.9 Å². The van der Waals surface area contributed by atoms with Crippen molar-refractivity contribution in [1.29, 1.82) is 0 Å². The number of piperazine rings is 1. The molecule has 1 saturated heterocycles. The van der Waals surface area contributed by atoms with Gasteiger partial charge in [0.05, 0.1) is 12.2 Å². The van der Waals surface area contributed by atoms with E-state index in [9.17, 15) is 14.0 Å². The van der Waals surface area contributed by atoms with E-state index in [-0.39, 0.29) is 17.6 Å². The minimum absolute atomic E-state index is 0.0327. The largest absolute Gasteiger partial charge is 0.369 e. The Labute approximate surface area is 194 Å². The summed E-state index contributed by atoms with van der Waals surface area (Å²) in [6, 6.07) is 8.60. The van der Waals surface area contributed by atoms with E-state index in [0.717, 1.165) is 56.3 Å². The summed E-state index contributed by atoms with van der Waals surface area (Å²) in [7, 11) is 0. The van der Waals surface area contributed by atoms with Crippen LogP contribution in [0.1, 0.15) is 31.4 Å². The molecule has 178 valence electrons. The number of nitrogens with zero attached hydrogens (tertiary/aromatic N) is 5. The lowest BCUT2D eigenvalue weighted by atomic mass is 10.2. The van der Waals surface area contributed by atoms with E-state index in [4.69, 9.17) is 0 Å². The number of hydrogen-bond donors (Lipinski definition) is 1. The Morgan fingerprint density at radius 2 is 1.82 bits per heavy atom. The minimum Gasteiger partial charge on any atom is -0.369 e. The van der Waals surface area contributed by atoms with E-state index in [0.29, 0.717) is 38.9 Å². The van der Waals surface area contributed by atoms with Gasteiger partial charge < -0.3 is 10.2 Å². The molecule has 33 heavy (non-hydrogen) atoms. The Bertz CT molecular complexity index is 952. The maximum Gasteiger partial charge on any atom is 0.229 e. The van der Waals surface area contributed by atoms with Crippen molar-refractivity contribution in [2.45, 2.75) is 39.2 Å². The van der Waals surface area contributed by atoms with Gasteiger partial charge in [0.25, 0.3) is 0 Å². The van der Waals surface area contributed by atoms with Gasteiger partial charge in [-0.05, 0) is 50.6 Å². The fourth-order valence-electron chi connectivity index (χ4n) is 4.52. The third-order valence-electron chi connectivity index (χ3n) is 6.32. The Morgan fingerprint density at radius 3 is 2.58 bits per heavy atom. The van der Waals surface area contributed by atoms with Crippen LogP contribution in [-0.2, 0) is 16.1 Å². The Morgan fingerprint density at radius 1 is 1.06 bits per heavy atom. The Hall–Kier alpha value is -2.94. The zero-order chi connectivity index (χ0) is 23.2. The second-order valence-electron chi connectivity index (χ2n) is 8.77. The molecule has 1 aromatic carbocycles. The van der Waals surface area contributed by atoms with Crippen molar-refractivity contribution in [2.75, 3.05) is 55.6 Å². The molecular weight excluding hydrogens is 423 g/mol. The van der Waals surface area contributed by atoms with Crippen molar-refractivity contribution in [3.63, 3.8) is 0 Å². The van der Waals surface area contributed by atoms with Gasteiger partial charge in [-0.15, -0.1) is 0 Å². The van der Waals surface area contributed by atoms with E-state index in [1.165, 1.54) is 12.1 Å². The van der Waals surface area contributed by atoms with Crippen molar-refractivity contribution in [3.8, 4) is 0 Å². The monoisotopic (exact) mass is 456 g/mol. The van der Waals surface area contributed by atoms with Gasteiger partial charge in [-0.3, -0.25) is 19.4 Å². The van der Waals surface area contributed by atoms with E-state index < -0.39 is 0 Å². The van der Waals surface area contributed by atoms with Crippen LogP contribution in [0.25, 0.3) is 0 Å². The van der Waals surface area contributed by atoms with Crippen molar-refractivity contribution in [1.82, 2.24) is 20.0 Å². The summed E-state index contributed by atoms with van der Waals surface area (Å²) >= 11 is 0. The average molecular weight is 457 g/mol. The molecule has 0 unspecified atom stereocenters. The summed E-state index contributed by atoms with van der Waals surface area (Å²) in [5.41, 5.74) is 1.97. The standard InChI is InChI=1S/C24H33FN6O2/c1-19-18-23-30(24(33)9-13-31(23)27-19)12-2-4-22(32)26-10-3-11-28-14-16-29(17-15-28)21-7-5-20(25)6-8-21/h5-8,18H,2-4,9-17H2,1H3,(H,26,32). The number of amides is 2. The first-order chi connectivity index (χ1) is 16.0. The van der Waals surface area contributed by atoms with Crippen molar-refractivity contribution >= 4 is 23.3 Å². The molecule has 0 bridgehead atoms. The molecule has 1 fully saturated rings. The van der Waals surface area contributed by atoms with Crippen LogP contribution in [0.2, 0.25) is 0 Å². The van der Waals surface area contributed by atoms with Gasteiger partial charge in [0.1, 0.15) is 11.6 Å². The number of aromatic nitrogens is 2. The Kier molecular flexibility index (Phi) is 7.59. The molecule has 2 aromatic rings. The average Bonchev–Trinajstić information content (AvgIpc) is 3.20. The van der Waals surface area contributed by atoms with Crippen LogP contribution in [-0.4, -0.2) is 72.3 Å². The number of halogens is 1. The van der Waals surface area contributed by atoms with Crippen LogP contribution in [0.3, 0.4) is 0 Å². The minimum atomic E-state index is -0.207. The third-order valence-corrected chi connectivity index (χ3v) is 6.32. The van der Waals surface area contributed by atoms with Crippen molar-refractivity contribution in [3.05, 3.63) is 41.8 Å². The van der Waals surface area contributed by atoms with Crippen molar-refractivity contribution in [2.24, 2.45) is 0 Å². The second-order valence-corrected chi connectivity index (χ2v) is 8.77. The molecule has 0 radical (unpaired) electrons. The molecule has 1 N–H and O–H groups in total. The van der Waals surface area contributed by atoms with Crippen LogP contribution < -0.4 is 15.1 Å². The SMILES string of the molecule is Cc1cc2n(n1)CCC(=O)N2CCCC(=O)NCCCN1CCN(c2ccc(F)cc2)CC1. The lowest BCUT2D eigenvalue weighted by molar-refractivity contribution is -0.122. The number of hydrogen-bond acceptors (Lipinski definition) is 5. The highest BCUT2D eigenvalue weighted by Gasteiger charge is 2.25. The lowest BCUT2D eigenvalue weighted by Crippen LogP contribution is -2.47. The fourth-order valence-corrected chi connectivity index (χ4v) is 4.52. The normalized spacial score (nSPS) is 16.7. The summed E-state index contributed by atoms with van der Waals surface area (Å²) < 4.78 is 15.0. The third kappa shape index (κ3) is 6.10. The van der Waals surface area contributed by atoms with E-state index in [1.54, 1.807) is 4.90 Å². The quantitative estimate of drug-likeness (QED) is 0.586. The maximum atomic E-state index is 13.1. The molecule has 2 aliphatic rings.